The van der Waals surface area contributed by atoms with Gasteiger partial charge in [0, 0.05) is 31.7 Å². The van der Waals surface area contributed by atoms with Crippen LogP contribution in [0, 0.1) is 5.92 Å². The van der Waals surface area contributed by atoms with E-state index in [2.05, 4.69) is 20.2 Å². The summed E-state index contributed by atoms with van der Waals surface area (Å²) in [6, 6.07) is 2.42. The summed E-state index contributed by atoms with van der Waals surface area (Å²) in [7, 11) is 0. The van der Waals surface area contributed by atoms with Crippen LogP contribution >= 0.6 is 11.8 Å². The molecule has 0 radical (unpaired) electrons. The van der Waals surface area contributed by atoms with Crippen molar-refractivity contribution in [1.82, 2.24) is 15.3 Å². The Morgan fingerprint density at radius 2 is 2.04 bits per heavy atom. The van der Waals surface area contributed by atoms with Crippen LogP contribution in [-0.2, 0) is 4.79 Å². The van der Waals surface area contributed by atoms with E-state index in [1.165, 1.54) is 12.8 Å². The minimum atomic E-state index is 0.252. The molecule has 1 aromatic rings. The molecule has 2 heterocycles. The van der Waals surface area contributed by atoms with Crippen LogP contribution in [0.3, 0.4) is 0 Å². The van der Waals surface area contributed by atoms with Gasteiger partial charge in [0.25, 0.3) is 0 Å². The molecule has 1 saturated heterocycles. The largest absolute Gasteiger partial charge is 0.356 e. The summed E-state index contributed by atoms with van der Waals surface area (Å²) in [5, 5.41) is 4.03. The first kappa shape index (κ1) is 16.6. The first-order valence-corrected chi connectivity index (χ1v) is 9.88. The molecule has 6 heteroatoms. The lowest BCUT2D eigenvalue weighted by atomic mass is 9.93. The van der Waals surface area contributed by atoms with Gasteiger partial charge in [-0.25, -0.2) is 9.97 Å². The molecule has 2 aliphatic rings. The molecular formula is C17H26N4OS. The molecule has 1 N–H and O–H groups in total. The second-order valence-electron chi connectivity index (χ2n) is 6.58. The number of nitrogens with zero attached hydrogens (tertiary/aromatic N) is 3. The molecule has 0 unspecified atom stereocenters. The Hall–Kier alpha value is -1.30. The van der Waals surface area contributed by atoms with Gasteiger partial charge >= 0.3 is 0 Å². The molecule has 1 saturated carbocycles. The number of carbonyl (C=O) groups is 1. The molecule has 1 amide bonds. The molecule has 0 aromatic carbocycles. The average molecular weight is 334 g/mol. The zero-order chi connectivity index (χ0) is 16.1. The van der Waals surface area contributed by atoms with E-state index in [0.29, 0.717) is 18.4 Å². The molecule has 0 bridgehead atoms. The highest BCUT2D eigenvalue weighted by atomic mass is 32.2. The molecule has 2 fully saturated rings. The minimum Gasteiger partial charge on any atom is -0.356 e. The van der Waals surface area contributed by atoms with E-state index >= 15 is 0 Å². The van der Waals surface area contributed by atoms with Crippen molar-refractivity contribution < 1.29 is 4.79 Å². The van der Waals surface area contributed by atoms with Crippen LogP contribution in [0.2, 0.25) is 0 Å². The zero-order valence-electron chi connectivity index (χ0n) is 13.8. The van der Waals surface area contributed by atoms with Crippen molar-refractivity contribution >= 4 is 23.5 Å². The Balaban J connectivity index is 1.45. The molecular weight excluding hydrogens is 308 g/mol. The van der Waals surface area contributed by atoms with E-state index in [1.807, 2.05) is 18.5 Å². The summed E-state index contributed by atoms with van der Waals surface area (Å²) < 4.78 is 0. The van der Waals surface area contributed by atoms with Crippen LogP contribution in [-0.4, -0.2) is 41.3 Å². The van der Waals surface area contributed by atoms with Gasteiger partial charge in [0.05, 0.1) is 0 Å². The zero-order valence-corrected chi connectivity index (χ0v) is 14.6. The number of thioether (sulfide) groups is 1. The summed E-state index contributed by atoms with van der Waals surface area (Å²) in [6.07, 6.45) is 11.5. The van der Waals surface area contributed by atoms with Gasteiger partial charge < -0.3 is 10.2 Å². The van der Waals surface area contributed by atoms with Gasteiger partial charge in [-0.15, -0.1) is 0 Å². The van der Waals surface area contributed by atoms with E-state index in [9.17, 15) is 4.79 Å². The van der Waals surface area contributed by atoms with E-state index < -0.39 is 0 Å². The highest BCUT2D eigenvalue weighted by Crippen LogP contribution is 2.25. The van der Waals surface area contributed by atoms with Gasteiger partial charge in [-0.2, -0.15) is 0 Å². The number of carbonyl (C=O) groups excluding carboxylic acids is 1. The third kappa shape index (κ3) is 4.59. The lowest BCUT2D eigenvalue weighted by Gasteiger charge is -2.32. The highest BCUT2D eigenvalue weighted by Gasteiger charge is 2.24. The van der Waals surface area contributed by atoms with Crippen molar-refractivity contribution in [2.75, 3.05) is 24.2 Å². The number of amides is 1. The Bertz CT molecular complexity index is 525. The van der Waals surface area contributed by atoms with Crippen molar-refractivity contribution in [1.29, 1.82) is 0 Å². The van der Waals surface area contributed by atoms with Gasteiger partial charge in [-0.05, 0) is 43.9 Å². The molecule has 1 aliphatic heterocycles. The van der Waals surface area contributed by atoms with Gasteiger partial charge in [0.2, 0.25) is 5.91 Å². The monoisotopic (exact) mass is 334 g/mol. The maximum absolute atomic E-state index is 12.2. The number of anilines is 1. The standard InChI is InChI=1S/C17H26N4OS/c1-23-17-18-9-6-15(20-17)21-10-7-13(8-11-21)12-16(22)19-14-4-2-3-5-14/h6,9,13-14H,2-5,7-8,10-12H2,1H3,(H,19,22). The quantitative estimate of drug-likeness (QED) is 0.663. The van der Waals surface area contributed by atoms with Gasteiger partial charge in [-0.3, -0.25) is 4.79 Å². The smallest absolute Gasteiger partial charge is 0.220 e. The van der Waals surface area contributed by atoms with Crippen molar-refractivity contribution in [2.24, 2.45) is 5.92 Å². The van der Waals surface area contributed by atoms with Crippen LogP contribution in [0.5, 0.6) is 0 Å². The van der Waals surface area contributed by atoms with Crippen molar-refractivity contribution in [3.8, 4) is 0 Å². The summed E-state index contributed by atoms with van der Waals surface area (Å²) in [5.41, 5.74) is 0. The van der Waals surface area contributed by atoms with Crippen molar-refractivity contribution in [2.45, 2.75) is 56.1 Å². The first-order valence-electron chi connectivity index (χ1n) is 8.66. The Morgan fingerprint density at radius 1 is 1.30 bits per heavy atom. The number of rotatable bonds is 5. The fourth-order valence-corrected chi connectivity index (χ4v) is 3.94. The Kier molecular flexibility index (Phi) is 5.75. The second kappa shape index (κ2) is 7.99. The molecule has 5 nitrogen and oxygen atoms in total. The van der Waals surface area contributed by atoms with Crippen LogP contribution in [0.15, 0.2) is 17.4 Å². The average Bonchev–Trinajstić information content (AvgIpc) is 3.08. The molecule has 23 heavy (non-hydrogen) atoms. The van der Waals surface area contributed by atoms with Crippen LogP contribution in [0.4, 0.5) is 5.82 Å². The second-order valence-corrected chi connectivity index (χ2v) is 7.36. The number of nitrogens with one attached hydrogen (secondary N) is 1. The molecule has 1 aromatic heterocycles. The van der Waals surface area contributed by atoms with Crippen LogP contribution in [0.1, 0.15) is 44.9 Å². The van der Waals surface area contributed by atoms with Crippen molar-refractivity contribution in [3.05, 3.63) is 12.3 Å². The topological polar surface area (TPSA) is 58.1 Å². The SMILES string of the molecule is CSc1nccc(N2CCC(CC(=O)NC3CCCC3)CC2)n1. The number of piperidine rings is 1. The fourth-order valence-electron chi connectivity index (χ4n) is 3.59. The number of hydrogen-bond donors (Lipinski definition) is 1. The molecule has 0 spiro atoms. The van der Waals surface area contributed by atoms with E-state index in [0.717, 1.165) is 49.7 Å². The molecule has 126 valence electrons. The number of aromatic nitrogens is 2. The third-order valence-electron chi connectivity index (χ3n) is 4.93. The van der Waals surface area contributed by atoms with Gasteiger partial charge in [0.1, 0.15) is 5.82 Å². The van der Waals surface area contributed by atoms with Crippen molar-refractivity contribution in [3.63, 3.8) is 0 Å². The van der Waals surface area contributed by atoms with Crippen LogP contribution < -0.4 is 10.2 Å². The highest BCUT2D eigenvalue weighted by molar-refractivity contribution is 7.98. The lowest BCUT2D eigenvalue weighted by Crippen LogP contribution is -2.38. The maximum atomic E-state index is 12.2. The van der Waals surface area contributed by atoms with Crippen LogP contribution in [0.25, 0.3) is 0 Å². The third-order valence-corrected chi connectivity index (χ3v) is 5.50. The first-order chi connectivity index (χ1) is 11.2. The maximum Gasteiger partial charge on any atom is 0.220 e. The molecule has 1 aliphatic carbocycles. The summed E-state index contributed by atoms with van der Waals surface area (Å²) in [6.45, 7) is 1.96. The Morgan fingerprint density at radius 3 is 2.74 bits per heavy atom. The molecule has 3 rings (SSSR count). The summed E-state index contributed by atoms with van der Waals surface area (Å²) in [5.74, 6) is 1.77. The van der Waals surface area contributed by atoms with E-state index in [4.69, 9.17) is 0 Å². The normalized spacial score (nSPS) is 20.0. The predicted molar refractivity (Wildman–Crippen MR) is 93.8 cm³/mol. The minimum absolute atomic E-state index is 0.252. The fraction of sp³-hybridized carbons (Fsp3) is 0.706. The summed E-state index contributed by atoms with van der Waals surface area (Å²) in [4.78, 5) is 23.3. The Labute approximate surface area is 142 Å². The molecule has 0 atom stereocenters. The lowest BCUT2D eigenvalue weighted by molar-refractivity contribution is -0.122. The van der Waals surface area contributed by atoms with Gasteiger partial charge in [-0.1, -0.05) is 24.6 Å². The number of hydrogen-bond acceptors (Lipinski definition) is 5. The van der Waals surface area contributed by atoms with Gasteiger partial charge in [0.15, 0.2) is 5.16 Å². The summed E-state index contributed by atoms with van der Waals surface area (Å²) >= 11 is 1.57. The predicted octanol–water partition coefficient (Wildman–Crippen LogP) is 2.86. The van der Waals surface area contributed by atoms with E-state index in [-0.39, 0.29) is 5.91 Å². The van der Waals surface area contributed by atoms with E-state index in [1.54, 1.807) is 11.8 Å².